The smallest absolute Gasteiger partial charge is 0.299 e. The van der Waals surface area contributed by atoms with E-state index in [2.05, 4.69) is 0 Å². The number of carbonyl (C=O) groups excluding carboxylic acids is 2. The first-order chi connectivity index (χ1) is 11.6. The van der Waals surface area contributed by atoms with Crippen molar-refractivity contribution < 1.29 is 14.3 Å². The summed E-state index contributed by atoms with van der Waals surface area (Å²) in [5.74, 6) is -0.122. The topological polar surface area (TPSA) is 46.6 Å². The van der Waals surface area contributed by atoms with Gasteiger partial charge < -0.3 is 9.64 Å². The van der Waals surface area contributed by atoms with Gasteiger partial charge in [0.05, 0.1) is 17.9 Å². The summed E-state index contributed by atoms with van der Waals surface area (Å²) in [6, 6.07) is 12.9. The van der Waals surface area contributed by atoms with Crippen LogP contribution in [-0.2, 0) is 4.79 Å². The van der Waals surface area contributed by atoms with Crippen molar-refractivity contribution in [2.24, 2.45) is 0 Å². The molecule has 4 nitrogen and oxygen atoms in total. The lowest BCUT2D eigenvalue weighted by atomic mass is 10.1. The Morgan fingerprint density at radius 1 is 1.04 bits per heavy atom. The Morgan fingerprint density at radius 2 is 1.79 bits per heavy atom. The van der Waals surface area contributed by atoms with E-state index in [0.717, 1.165) is 18.6 Å². The number of ether oxygens (including phenoxy) is 1. The third-order valence-electron chi connectivity index (χ3n) is 4.00. The molecule has 0 radical (unpaired) electrons. The number of ketones is 1. The van der Waals surface area contributed by atoms with Crippen LogP contribution in [0, 0.1) is 6.92 Å². The van der Waals surface area contributed by atoms with Crippen LogP contribution in [-0.4, -0.2) is 24.8 Å². The summed E-state index contributed by atoms with van der Waals surface area (Å²) in [5.41, 5.74) is 2.23. The van der Waals surface area contributed by atoms with Gasteiger partial charge in [-0.15, -0.1) is 0 Å². The maximum atomic E-state index is 12.1. The lowest BCUT2D eigenvalue weighted by molar-refractivity contribution is -0.114. The number of halogens is 1. The quantitative estimate of drug-likeness (QED) is 0.587. The Labute approximate surface area is 146 Å². The fraction of sp³-hybridized carbons (Fsp3) is 0.263. The van der Waals surface area contributed by atoms with Gasteiger partial charge in [0, 0.05) is 11.6 Å². The van der Waals surface area contributed by atoms with Crippen LogP contribution in [0.3, 0.4) is 0 Å². The van der Waals surface area contributed by atoms with Gasteiger partial charge >= 0.3 is 0 Å². The van der Waals surface area contributed by atoms with Crippen LogP contribution in [0.25, 0.3) is 0 Å². The van der Waals surface area contributed by atoms with E-state index < -0.39 is 11.7 Å². The number of carbonyl (C=O) groups is 2. The van der Waals surface area contributed by atoms with Crippen molar-refractivity contribution in [1.82, 2.24) is 0 Å². The molecule has 1 amide bonds. The number of hydrogen-bond acceptors (Lipinski definition) is 3. The summed E-state index contributed by atoms with van der Waals surface area (Å²) < 4.78 is 5.67. The molecule has 2 aromatic rings. The van der Waals surface area contributed by atoms with Crippen LogP contribution in [0.2, 0.25) is 5.02 Å². The summed E-state index contributed by atoms with van der Waals surface area (Å²) in [5, 5.41) is 0.461. The number of hydrogen-bond donors (Lipinski definition) is 0. The Hall–Kier alpha value is -2.33. The molecule has 124 valence electrons. The van der Waals surface area contributed by atoms with E-state index in [9.17, 15) is 9.59 Å². The zero-order valence-corrected chi connectivity index (χ0v) is 14.2. The Bertz CT molecular complexity index is 771. The minimum atomic E-state index is -0.483. The third kappa shape index (κ3) is 3.44. The Kier molecular flexibility index (Phi) is 4.86. The Balaban J connectivity index is 1.51. The second kappa shape index (κ2) is 7.05. The normalized spacial score (nSPS) is 13.3. The molecule has 0 aromatic heterocycles. The number of aryl methyl sites for hydroxylation is 1. The minimum Gasteiger partial charge on any atom is -0.494 e. The molecular formula is C19H18ClNO3. The highest BCUT2D eigenvalue weighted by Gasteiger charge is 2.35. The largest absolute Gasteiger partial charge is 0.494 e. The monoisotopic (exact) mass is 343 g/mol. The third-order valence-corrected chi connectivity index (χ3v) is 4.23. The highest BCUT2D eigenvalue weighted by Crippen LogP contribution is 2.31. The van der Waals surface area contributed by atoms with Crippen molar-refractivity contribution in [3.63, 3.8) is 0 Å². The molecule has 0 fully saturated rings. The number of nitrogens with zero attached hydrogens (tertiary/aromatic N) is 1. The molecule has 1 aliphatic heterocycles. The van der Waals surface area contributed by atoms with Gasteiger partial charge in [-0.25, -0.2) is 0 Å². The fourth-order valence-corrected chi connectivity index (χ4v) is 2.86. The summed E-state index contributed by atoms with van der Waals surface area (Å²) in [6.07, 6.45) is 1.56. The van der Waals surface area contributed by atoms with Gasteiger partial charge in [-0.05, 0) is 50.1 Å². The molecule has 0 aliphatic carbocycles. The van der Waals surface area contributed by atoms with Crippen LogP contribution in [0.4, 0.5) is 5.69 Å². The van der Waals surface area contributed by atoms with Crippen LogP contribution >= 0.6 is 11.6 Å². The molecule has 0 spiro atoms. The first-order valence-electron chi connectivity index (χ1n) is 7.91. The maximum absolute atomic E-state index is 12.1. The molecule has 1 heterocycles. The highest BCUT2D eigenvalue weighted by molar-refractivity contribution is 6.52. The maximum Gasteiger partial charge on any atom is 0.299 e. The summed E-state index contributed by atoms with van der Waals surface area (Å²) in [6.45, 7) is 3.10. The molecule has 5 heteroatoms. The molecule has 0 saturated heterocycles. The molecule has 2 aromatic carbocycles. The van der Waals surface area contributed by atoms with Crippen molar-refractivity contribution >= 4 is 29.0 Å². The van der Waals surface area contributed by atoms with Gasteiger partial charge in [-0.1, -0.05) is 29.3 Å². The van der Waals surface area contributed by atoms with Crippen LogP contribution in [0.1, 0.15) is 28.8 Å². The fourth-order valence-electron chi connectivity index (χ4n) is 2.69. The van der Waals surface area contributed by atoms with Crippen LogP contribution < -0.4 is 9.64 Å². The SMILES string of the molecule is Cc1ccc(OCCCCN2C(=O)C(=O)c3cc(Cl)ccc32)cc1. The van der Waals surface area contributed by atoms with Crippen LogP contribution in [0.5, 0.6) is 5.75 Å². The number of unbranched alkanes of at least 4 members (excludes halogenated alkanes) is 1. The zero-order chi connectivity index (χ0) is 17.1. The number of anilines is 1. The molecule has 24 heavy (non-hydrogen) atoms. The standard InChI is InChI=1S/C19H18ClNO3/c1-13-4-7-15(8-5-13)24-11-3-2-10-21-17-9-6-14(20)12-16(17)18(22)19(21)23/h4-9,12H,2-3,10-11H2,1H3. The number of Topliss-reactive ketones (excluding diaryl/α,β-unsaturated/α-hetero) is 1. The predicted octanol–water partition coefficient (Wildman–Crippen LogP) is 4.04. The van der Waals surface area contributed by atoms with E-state index >= 15 is 0 Å². The van der Waals surface area contributed by atoms with Crippen molar-refractivity contribution in [2.45, 2.75) is 19.8 Å². The van der Waals surface area contributed by atoms with Gasteiger partial charge in [-0.2, -0.15) is 0 Å². The second-order valence-electron chi connectivity index (χ2n) is 5.82. The summed E-state index contributed by atoms with van der Waals surface area (Å²) >= 11 is 5.90. The number of fused-ring (bicyclic) bond motifs is 1. The van der Waals surface area contributed by atoms with E-state index in [1.165, 1.54) is 10.5 Å². The predicted molar refractivity (Wildman–Crippen MR) is 94.0 cm³/mol. The van der Waals surface area contributed by atoms with Gasteiger partial charge in [0.1, 0.15) is 5.75 Å². The van der Waals surface area contributed by atoms with E-state index in [1.54, 1.807) is 18.2 Å². The second-order valence-corrected chi connectivity index (χ2v) is 6.25. The van der Waals surface area contributed by atoms with E-state index in [-0.39, 0.29) is 0 Å². The number of amides is 1. The molecule has 0 unspecified atom stereocenters. The average Bonchev–Trinajstić information content (AvgIpc) is 2.81. The van der Waals surface area contributed by atoms with Gasteiger partial charge in [-0.3, -0.25) is 9.59 Å². The molecule has 0 bridgehead atoms. The van der Waals surface area contributed by atoms with Gasteiger partial charge in [0.25, 0.3) is 11.7 Å². The highest BCUT2D eigenvalue weighted by atomic mass is 35.5. The molecule has 0 atom stereocenters. The lowest BCUT2D eigenvalue weighted by Gasteiger charge is -2.16. The number of rotatable bonds is 6. The van der Waals surface area contributed by atoms with Crippen molar-refractivity contribution in [1.29, 1.82) is 0 Å². The van der Waals surface area contributed by atoms with E-state index in [1.807, 2.05) is 31.2 Å². The first kappa shape index (κ1) is 16.5. The summed E-state index contributed by atoms with van der Waals surface area (Å²) in [7, 11) is 0. The summed E-state index contributed by atoms with van der Waals surface area (Å²) in [4.78, 5) is 25.6. The zero-order valence-electron chi connectivity index (χ0n) is 13.4. The van der Waals surface area contributed by atoms with Crippen molar-refractivity contribution in [3.8, 4) is 5.75 Å². The Morgan fingerprint density at radius 3 is 2.54 bits per heavy atom. The van der Waals surface area contributed by atoms with Crippen molar-refractivity contribution in [2.75, 3.05) is 18.1 Å². The minimum absolute atomic E-state index is 0.392. The van der Waals surface area contributed by atoms with Crippen LogP contribution in [0.15, 0.2) is 42.5 Å². The molecule has 0 N–H and O–H groups in total. The molecule has 1 aliphatic rings. The first-order valence-corrected chi connectivity index (χ1v) is 8.29. The average molecular weight is 344 g/mol. The van der Waals surface area contributed by atoms with Gasteiger partial charge in [0.15, 0.2) is 0 Å². The molecular weight excluding hydrogens is 326 g/mol. The molecule has 0 saturated carbocycles. The van der Waals surface area contributed by atoms with E-state index in [0.29, 0.717) is 29.4 Å². The lowest BCUT2D eigenvalue weighted by Crippen LogP contribution is -2.30. The molecule has 3 rings (SSSR count). The number of benzene rings is 2. The van der Waals surface area contributed by atoms with E-state index in [4.69, 9.17) is 16.3 Å². The van der Waals surface area contributed by atoms with Gasteiger partial charge in [0.2, 0.25) is 0 Å². The van der Waals surface area contributed by atoms with Crippen molar-refractivity contribution in [3.05, 3.63) is 58.6 Å².